The Kier molecular flexibility index (Phi) is 3.12. The highest BCUT2D eigenvalue weighted by Crippen LogP contribution is 2.10. The molecule has 0 spiro atoms. The molecule has 0 aliphatic heterocycles. The second-order valence-corrected chi connectivity index (χ2v) is 3.92. The summed E-state index contributed by atoms with van der Waals surface area (Å²) in [5, 5.41) is 18.2. The number of aryl methyl sites for hydroxylation is 1. The average molecular weight is 248 g/mol. The number of aliphatic hydroxyl groups is 1. The molecule has 94 valence electrons. The molecule has 6 nitrogen and oxygen atoms in total. The Labute approximate surface area is 102 Å². The zero-order valence-electron chi connectivity index (χ0n) is 9.75. The Hall–Kier alpha value is -2.21. The van der Waals surface area contributed by atoms with Crippen LogP contribution in [-0.4, -0.2) is 32.3 Å². The predicted octanol–water partition coefficient (Wildman–Crippen LogP) is 0.395. The zero-order chi connectivity index (χ0) is 13.3. The number of aromatic carboxylic acids is 1. The summed E-state index contributed by atoms with van der Waals surface area (Å²) < 4.78 is 1.48. The second-order valence-electron chi connectivity index (χ2n) is 3.92. The van der Waals surface area contributed by atoms with Crippen LogP contribution < -0.4 is 5.43 Å². The van der Waals surface area contributed by atoms with E-state index in [0.29, 0.717) is 5.65 Å². The van der Waals surface area contributed by atoms with Crippen LogP contribution in [0.4, 0.5) is 0 Å². The summed E-state index contributed by atoms with van der Waals surface area (Å²) in [6, 6.07) is 3.21. The fourth-order valence-electron chi connectivity index (χ4n) is 1.79. The minimum atomic E-state index is -1.28. The lowest BCUT2D eigenvalue weighted by molar-refractivity contribution is 0.0694. The summed E-state index contributed by atoms with van der Waals surface area (Å²) in [7, 11) is 0. The van der Waals surface area contributed by atoms with Crippen molar-refractivity contribution < 1.29 is 15.0 Å². The molecule has 2 aromatic heterocycles. The van der Waals surface area contributed by atoms with Crippen molar-refractivity contribution >= 4 is 17.0 Å². The molecule has 18 heavy (non-hydrogen) atoms. The number of nitrogens with zero attached hydrogens (tertiary/aromatic N) is 2. The van der Waals surface area contributed by atoms with E-state index in [1.807, 2.05) is 0 Å². The molecule has 0 aromatic carbocycles. The van der Waals surface area contributed by atoms with Gasteiger partial charge in [0.1, 0.15) is 11.2 Å². The minimum Gasteiger partial charge on any atom is -0.477 e. The number of carbonyl (C=O) groups is 1. The maximum Gasteiger partial charge on any atom is 0.341 e. The second kappa shape index (κ2) is 4.58. The Morgan fingerprint density at radius 3 is 2.78 bits per heavy atom. The molecular formula is C12H12N2O4. The van der Waals surface area contributed by atoms with Crippen molar-refractivity contribution in [2.24, 2.45) is 0 Å². The summed E-state index contributed by atoms with van der Waals surface area (Å²) in [6.45, 7) is 1.80. The first kappa shape index (κ1) is 12.3. The number of pyridine rings is 2. The van der Waals surface area contributed by atoms with Gasteiger partial charge in [-0.1, -0.05) is 0 Å². The fraction of sp³-hybridized carbons (Fsp3) is 0.250. The molecule has 6 heteroatoms. The first-order chi connectivity index (χ1) is 8.54. The predicted molar refractivity (Wildman–Crippen MR) is 64.8 cm³/mol. The van der Waals surface area contributed by atoms with E-state index in [-0.39, 0.29) is 24.1 Å². The molecule has 0 bridgehead atoms. The maximum absolute atomic E-state index is 11.9. The Morgan fingerprint density at radius 2 is 2.17 bits per heavy atom. The van der Waals surface area contributed by atoms with E-state index in [1.54, 1.807) is 19.1 Å². The van der Waals surface area contributed by atoms with E-state index >= 15 is 0 Å². The van der Waals surface area contributed by atoms with E-state index < -0.39 is 11.4 Å². The van der Waals surface area contributed by atoms with Gasteiger partial charge >= 0.3 is 5.97 Å². The van der Waals surface area contributed by atoms with E-state index in [9.17, 15) is 9.59 Å². The van der Waals surface area contributed by atoms with Crippen LogP contribution in [-0.2, 0) is 6.54 Å². The van der Waals surface area contributed by atoms with Gasteiger partial charge in [-0.05, 0) is 19.1 Å². The number of aromatic nitrogens is 2. The highest BCUT2D eigenvalue weighted by atomic mass is 16.4. The summed E-state index contributed by atoms with van der Waals surface area (Å²) in [6.07, 6.45) is 1.22. The highest BCUT2D eigenvalue weighted by Gasteiger charge is 2.14. The lowest BCUT2D eigenvalue weighted by atomic mass is 10.2. The van der Waals surface area contributed by atoms with Gasteiger partial charge in [-0.3, -0.25) is 4.79 Å². The Morgan fingerprint density at radius 1 is 1.44 bits per heavy atom. The van der Waals surface area contributed by atoms with E-state index in [0.717, 1.165) is 5.69 Å². The van der Waals surface area contributed by atoms with E-state index in [2.05, 4.69) is 4.98 Å². The monoisotopic (exact) mass is 248 g/mol. The van der Waals surface area contributed by atoms with Crippen molar-refractivity contribution in [1.29, 1.82) is 0 Å². The van der Waals surface area contributed by atoms with Crippen LogP contribution in [0.2, 0.25) is 0 Å². The van der Waals surface area contributed by atoms with Gasteiger partial charge in [-0.25, -0.2) is 9.78 Å². The number of carboxylic acids is 1. The fourth-order valence-corrected chi connectivity index (χ4v) is 1.79. The van der Waals surface area contributed by atoms with Gasteiger partial charge in [0.05, 0.1) is 12.0 Å². The quantitative estimate of drug-likeness (QED) is 0.820. The Balaban J connectivity index is 2.87. The summed E-state index contributed by atoms with van der Waals surface area (Å²) in [5.74, 6) is -1.28. The van der Waals surface area contributed by atoms with Crippen LogP contribution in [0.15, 0.2) is 23.1 Å². The molecule has 0 aliphatic rings. The van der Waals surface area contributed by atoms with Crippen molar-refractivity contribution in [3.8, 4) is 0 Å². The van der Waals surface area contributed by atoms with Gasteiger partial charge in [0.2, 0.25) is 5.43 Å². The van der Waals surface area contributed by atoms with Crippen molar-refractivity contribution in [3.05, 3.63) is 39.8 Å². The third-order valence-corrected chi connectivity index (χ3v) is 2.63. The number of rotatable bonds is 3. The molecule has 0 aliphatic carbocycles. The lowest BCUT2D eigenvalue weighted by Crippen LogP contribution is -2.20. The van der Waals surface area contributed by atoms with Crippen LogP contribution in [0, 0.1) is 6.92 Å². The van der Waals surface area contributed by atoms with Gasteiger partial charge < -0.3 is 14.8 Å². The molecule has 0 amide bonds. The molecule has 2 N–H and O–H groups in total. The van der Waals surface area contributed by atoms with Crippen LogP contribution >= 0.6 is 0 Å². The SMILES string of the molecule is Cc1ccc2c(=O)c(C(=O)O)cn(CCO)c2n1. The highest BCUT2D eigenvalue weighted by molar-refractivity contribution is 5.91. The number of aliphatic hydroxyl groups excluding tert-OH is 1. The van der Waals surface area contributed by atoms with Crippen LogP contribution in [0.25, 0.3) is 11.0 Å². The molecule has 0 unspecified atom stereocenters. The Bertz CT molecular complexity index is 676. The third-order valence-electron chi connectivity index (χ3n) is 2.63. The van der Waals surface area contributed by atoms with E-state index in [1.165, 1.54) is 10.8 Å². The summed E-state index contributed by atoms with van der Waals surface area (Å²) in [5.41, 5.74) is 0.233. The number of carboxylic acid groups (broad SMARTS) is 1. The lowest BCUT2D eigenvalue weighted by Gasteiger charge is -2.10. The van der Waals surface area contributed by atoms with Gasteiger partial charge in [-0.2, -0.15) is 0 Å². The van der Waals surface area contributed by atoms with Crippen molar-refractivity contribution in [2.45, 2.75) is 13.5 Å². The number of hydrogen-bond donors (Lipinski definition) is 2. The molecule has 0 saturated carbocycles. The average Bonchev–Trinajstić information content (AvgIpc) is 2.32. The van der Waals surface area contributed by atoms with Crippen LogP contribution in [0.3, 0.4) is 0 Å². The molecule has 2 heterocycles. The van der Waals surface area contributed by atoms with Crippen molar-refractivity contribution in [2.75, 3.05) is 6.61 Å². The molecule has 0 radical (unpaired) electrons. The van der Waals surface area contributed by atoms with Crippen molar-refractivity contribution in [1.82, 2.24) is 9.55 Å². The molecule has 0 atom stereocenters. The first-order valence-electron chi connectivity index (χ1n) is 5.39. The van der Waals surface area contributed by atoms with Gasteiger partial charge in [0, 0.05) is 18.4 Å². The molecule has 2 aromatic rings. The van der Waals surface area contributed by atoms with E-state index in [4.69, 9.17) is 10.2 Å². The standard InChI is InChI=1S/C12H12N2O4/c1-7-2-3-8-10(16)9(12(17)18)6-14(4-5-15)11(8)13-7/h2-3,6,15H,4-5H2,1H3,(H,17,18). The van der Waals surface area contributed by atoms with Gasteiger partial charge in [0.25, 0.3) is 0 Å². The number of fused-ring (bicyclic) bond motifs is 1. The molecule has 0 saturated heterocycles. The maximum atomic E-state index is 11.9. The molecular weight excluding hydrogens is 236 g/mol. The summed E-state index contributed by atoms with van der Waals surface area (Å²) in [4.78, 5) is 27.1. The van der Waals surface area contributed by atoms with Gasteiger partial charge in [0.15, 0.2) is 0 Å². The smallest absolute Gasteiger partial charge is 0.341 e. The largest absolute Gasteiger partial charge is 0.477 e. The van der Waals surface area contributed by atoms with Gasteiger partial charge in [-0.15, -0.1) is 0 Å². The van der Waals surface area contributed by atoms with Crippen LogP contribution in [0.1, 0.15) is 16.1 Å². The zero-order valence-corrected chi connectivity index (χ0v) is 9.75. The molecule has 0 fully saturated rings. The normalized spacial score (nSPS) is 10.8. The summed E-state index contributed by atoms with van der Waals surface area (Å²) >= 11 is 0. The third kappa shape index (κ3) is 1.98. The van der Waals surface area contributed by atoms with Crippen LogP contribution in [0.5, 0.6) is 0 Å². The first-order valence-corrected chi connectivity index (χ1v) is 5.39. The topological polar surface area (TPSA) is 92.4 Å². The molecule has 2 rings (SSSR count). The van der Waals surface area contributed by atoms with Crippen molar-refractivity contribution in [3.63, 3.8) is 0 Å². The minimum absolute atomic E-state index is 0.160. The number of hydrogen-bond acceptors (Lipinski definition) is 4.